The van der Waals surface area contributed by atoms with Crippen molar-refractivity contribution >= 4 is 11.7 Å². The molecule has 1 atom stereocenters. The van der Waals surface area contributed by atoms with Crippen LogP contribution in [0.5, 0.6) is 0 Å². The van der Waals surface area contributed by atoms with Crippen molar-refractivity contribution in [2.24, 2.45) is 5.92 Å². The van der Waals surface area contributed by atoms with Gasteiger partial charge in [-0.3, -0.25) is 4.79 Å². The molecule has 1 aromatic rings. The third-order valence-electron chi connectivity index (χ3n) is 3.40. The molecular weight excluding hydrogens is 264 g/mol. The Balaban J connectivity index is 2.92. The molecule has 118 valence electrons. The molecule has 3 N–H and O–H groups in total. The lowest BCUT2D eigenvalue weighted by Gasteiger charge is -2.25. The molecule has 1 rings (SSSR count). The number of carbonyl (C=O) groups is 1. The number of amides is 1. The van der Waals surface area contributed by atoms with Crippen molar-refractivity contribution in [3.8, 4) is 0 Å². The third kappa shape index (κ3) is 5.34. The Morgan fingerprint density at radius 1 is 1.29 bits per heavy atom. The van der Waals surface area contributed by atoms with Crippen LogP contribution in [0.2, 0.25) is 0 Å². The highest BCUT2D eigenvalue weighted by molar-refractivity contribution is 5.95. The van der Waals surface area contributed by atoms with Gasteiger partial charge < -0.3 is 16.0 Å². The lowest BCUT2D eigenvalue weighted by Crippen LogP contribution is -2.45. The van der Waals surface area contributed by atoms with Crippen LogP contribution in [0, 0.1) is 5.92 Å². The molecule has 0 bridgehead atoms. The number of pyridine rings is 1. The van der Waals surface area contributed by atoms with Crippen LogP contribution in [0.4, 0.5) is 5.82 Å². The van der Waals surface area contributed by atoms with Gasteiger partial charge in [-0.1, -0.05) is 27.7 Å². The second-order valence-corrected chi connectivity index (χ2v) is 6.45. The van der Waals surface area contributed by atoms with E-state index in [1.165, 1.54) is 0 Å². The smallest absolute Gasteiger partial charge is 0.251 e. The molecule has 5 heteroatoms. The van der Waals surface area contributed by atoms with Gasteiger partial charge in [0.25, 0.3) is 5.91 Å². The molecule has 0 saturated carbocycles. The van der Waals surface area contributed by atoms with Crippen LogP contribution in [0.1, 0.15) is 49.7 Å². The zero-order chi connectivity index (χ0) is 16.2. The number of carbonyl (C=O) groups excluding carboxylic acids is 1. The predicted octanol–water partition coefficient (Wildman–Crippen LogP) is 2.10. The average Bonchev–Trinajstić information content (AvgIpc) is 2.36. The molecule has 5 nitrogen and oxygen atoms in total. The van der Waals surface area contributed by atoms with Crippen LogP contribution in [-0.4, -0.2) is 42.5 Å². The molecule has 0 saturated heterocycles. The molecule has 1 amide bonds. The summed E-state index contributed by atoms with van der Waals surface area (Å²) in [7, 11) is 4.01. The monoisotopic (exact) mass is 292 g/mol. The molecule has 0 fully saturated rings. The van der Waals surface area contributed by atoms with Crippen LogP contribution in [0.15, 0.2) is 12.1 Å². The first-order valence-corrected chi connectivity index (χ1v) is 7.43. The summed E-state index contributed by atoms with van der Waals surface area (Å²) >= 11 is 0. The fourth-order valence-corrected chi connectivity index (χ4v) is 2.07. The number of anilines is 1. The summed E-state index contributed by atoms with van der Waals surface area (Å²) in [6, 6.07) is 3.56. The minimum absolute atomic E-state index is 0.0912. The fourth-order valence-electron chi connectivity index (χ4n) is 2.07. The van der Waals surface area contributed by atoms with Crippen molar-refractivity contribution in [1.29, 1.82) is 0 Å². The SMILES string of the molecule is CC(C)c1cc(C(=O)NC(CN(C)C)C(C)C)cc(N)n1. The van der Waals surface area contributed by atoms with Gasteiger partial charge in [-0.05, 0) is 38.1 Å². The molecule has 0 aromatic carbocycles. The number of nitrogens with one attached hydrogen (secondary N) is 1. The Morgan fingerprint density at radius 3 is 2.38 bits per heavy atom. The van der Waals surface area contributed by atoms with Gasteiger partial charge in [-0.15, -0.1) is 0 Å². The normalized spacial score (nSPS) is 13.0. The number of nitrogen functional groups attached to an aromatic ring is 1. The van der Waals surface area contributed by atoms with Crippen LogP contribution in [0.25, 0.3) is 0 Å². The zero-order valence-corrected chi connectivity index (χ0v) is 14.0. The number of nitrogens with zero attached hydrogens (tertiary/aromatic N) is 2. The van der Waals surface area contributed by atoms with Crippen LogP contribution in [-0.2, 0) is 0 Å². The second-order valence-electron chi connectivity index (χ2n) is 6.45. The van der Waals surface area contributed by atoms with Crippen molar-refractivity contribution in [3.63, 3.8) is 0 Å². The Hall–Kier alpha value is -1.62. The highest BCUT2D eigenvalue weighted by atomic mass is 16.1. The van der Waals surface area contributed by atoms with E-state index >= 15 is 0 Å². The summed E-state index contributed by atoms with van der Waals surface area (Å²) in [5.74, 6) is 0.898. The quantitative estimate of drug-likeness (QED) is 0.842. The summed E-state index contributed by atoms with van der Waals surface area (Å²) in [6.07, 6.45) is 0. The van der Waals surface area contributed by atoms with Crippen molar-refractivity contribution in [3.05, 3.63) is 23.4 Å². The van der Waals surface area contributed by atoms with E-state index in [2.05, 4.69) is 29.0 Å². The summed E-state index contributed by atoms with van der Waals surface area (Å²) in [5, 5.41) is 3.09. The van der Waals surface area contributed by atoms with Gasteiger partial charge in [-0.2, -0.15) is 0 Å². The highest BCUT2D eigenvalue weighted by Crippen LogP contribution is 2.16. The number of aromatic nitrogens is 1. The number of hydrogen-bond acceptors (Lipinski definition) is 4. The van der Waals surface area contributed by atoms with Gasteiger partial charge in [0.1, 0.15) is 5.82 Å². The predicted molar refractivity (Wildman–Crippen MR) is 87.4 cm³/mol. The van der Waals surface area contributed by atoms with E-state index < -0.39 is 0 Å². The number of nitrogens with two attached hydrogens (primary N) is 1. The molecule has 0 aliphatic heterocycles. The van der Waals surface area contributed by atoms with Gasteiger partial charge >= 0.3 is 0 Å². The number of hydrogen-bond donors (Lipinski definition) is 2. The highest BCUT2D eigenvalue weighted by Gasteiger charge is 2.19. The van der Waals surface area contributed by atoms with Crippen molar-refractivity contribution in [2.75, 3.05) is 26.4 Å². The zero-order valence-electron chi connectivity index (χ0n) is 14.0. The van der Waals surface area contributed by atoms with Gasteiger partial charge in [0, 0.05) is 23.8 Å². The average molecular weight is 292 g/mol. The van der Waals surface area contributed by atoms with Crippen molar-refractivity contribution in [1.82, 2.24) is 15.2 Å². The Morgan fingerprint density at radius 2 is 1.90 bits per heavy atom. The molecule has 1 heterocycles. The van der Waals surface area contributed by atoms with Gasteiger partial charge in [0.2, 0.25) is 0 Å². The largest absolute Gasteiger partial charge is 0.384 e. The Kier molecular flexibility index (Phi) is 6.15. The topological polar surface area (TPSA) is 71.2 Å². The van der Waals surface area contributed by atoms with Gasteiger partial charge in [0.05, 0.1) is 0 Å². The van der Waals surface area contributed by atoms with E-state index in [0.717, 1.165) is 12.2 Å². The molecule has 1 unspecified atom stereocenters. The molecular formula is C16H28N4O. The molecule has 1 aromatic heterocycles. The van der Waals surface area contributed by atoms with Crippen LogP contribution >= 0.6 is 0 Å². The lowest BCUT2D eigenvalue weighted by atomic mass is 10.0. The fraction of sp³-hybridized carbons (Fsp3) is 0.625. The molecule has 0 radical (unpaired) electrons. The lowest BCUT2D eigenvalue weighted by molar-refractivity contribution is 0.0916. The minimum atomic E-state index is -0.0912. The van der Waals surface area contributed by atoms with Gasteiger partial charge in [0.15, 0.2) is 0 Å². The number of rotatable bonds is 6. The summed E-state index contributed by atoms with van der Waals surface area (Å²) < 4.78 is 0. The first-order chi connectivity index (χ1) is 9.70. The Bertz CT molecular complexity index is 483. The maximum atomic E-state index is 12.5. The minimum Gasteiger partial charge on any atom is -0.384 e. The van der Waals surface area contributed by atoms with E-state index in [-0.39, 0.29) is 17.9 Å². The van der Waals surface area contributed by atoms with Crippen molar-refractivity contribution < 1.29 is 4.79 Å². The third-order valence-corrected chi connectivity index (χ3v) is 3.40. The summed E-state index contributed by atoms with van der Waals surface area (Å²) in [5.41, 5.74) is 7.23. The Labute approximate surface area is 127 Å². The van der Waals surface area contributed by atoms with Crippen LogP contribution < -0.4 is 11.1 Å². The first kappa shape index (κ1) is 17.4. The molecule has 0 aliphatic carbocycles. The molecule has 0 aliphatic rings. The van der Waals surface area contributed by atoms with E-state index in [1.54, 1.807) is 6.07 Å². The summed E-state index contributed by atoms with van der Waals surface area (Å²) in [4.78, 5) is 18.8. The molecule has 21 heavy (non-hydrogen) atoms. The first-order valence-electron chi connectivity index (χ1n) is 7.43. The molecule has 0 spiro atoms. The van der Waals surface area contributed by atoms with E-state index in [0.29, 0.717) is 17.3 Å². The van der Waals surface area contributed by atoms with Crippen LogP contribution in [0.3, 0.4) is 0 Å². The maximum absolute atomic E-state index is 12.5. The van der Waals surface area contributed by atoms with E-state index in [4.69, 9.17) is 5.73 Å². The second kappa shape index (κ2) is 7.41. The maximum Gasteiger partial charge on any atom is 0.251 e. The van der Waals surface area contributed by atoms with Gasteiger partial charge in [-0.25, -0.2) is 4.98 Å². The standard InChI is InChI=1S/C16H28N4O/c1-10(2)13-7-12(8-15(17)18-13)16(21)19-14(11(3)4)9-20(5)6/h7-8,10-11,14H,9H2,1-6H3,(H2,17,18)(H,19,21). The number of likely N-dealkylation sites (N-methyl/N-ethyl adjacent to an activating group) is 1. The van der Waals surface area contributed by atoms with E-state index in [1.807, 2.05) is 34.0 Å². The van der Waals surface area contributed by atoms with E-state index in [9.17, 15) is 4.79 Å². The summed E-state index contributed by atoms with van der Waals surface area (Å²) in [6.45, 7) is 9.09. The van der Waals surface area contributed by atoms with Crippen molar-refractivity contribution in [2.45, 2.75) is 39.7 Å².